The smallest absolute Gasteiger partial charge is 0.246 e. The van der Waals surface area contributed by atoms with Gasteiger partial charge in [0.2, 0.25) is 17.7 Å². The summed E-state index contributed by atoms with van der Waals surface area (Å²) in [5, 5.41) is 16.2. The minimum atomic E-state index is -1.12. The summed E-state index contributed by atoms with van der Waals surface area (Å²) in [5.74, 6) is -2.28. The number of alkyl halides is 1. The van der Waals surface area contributed by atoms with Crippen molar-refractivity contribution >= 4 is 33.7 Å². The molecule has 3 N–H and O–H groups in total. The Hall–Kier alpha value is -1.97. The van der Waals surface area contributed by atoms with Crippen molar-refractivity contribution in [3.63, 3.8) is 0 Å². The van der Waals surface area contributed by atoms with Crippen LogP contribution in [0.1, 0.15) is 39.2 Å². The molecule has 3 fully saturated rings. The number of nitrogens with one attached hydrogen (secondary N) is 2. The molecule has 2 bridgehead atoms. The van der Waals surface area contributed by atoms with Crippen molar-refractivity contribution in [1.82, 2.24) is 15.5 Å². The van der Waals surface area contributed by atoms with Crippen LogP contribution >= 0.6 is 15.9 Å². The third-order valence-corrected chi connectivity index (χ3v) is 8.02. The van der Waals surface area contributed by atoms with Crippen LogP contribution in [0.3, 0.4) is 0 Å². The lowest BCUT2D eigenvalue weighted by molar-refractivity contribution is -0.145. The number of aliphatic hydroxyl groups is 1. The van der Waals surface area contributed by atoms with Crippen LogP contribution in [-0.2, 0) is 25.5 Å². The molecule has 1 aromatic carbocycles. The lowest BCUT2D eigenvalue weighted by Crippen LogP contribution is -2.59. The van der Waals surface area contributed by atoms with Gasteiger partial charge in [-0.2, -0.15) is 0 Å². The number of fused-ring (bicyclic) bond motifs is 1. The highest BCUT2D eigenvalue weighted by Gasteiger charge is 2.77. The largest absolute Gasteiger partial charge is 0.394 e. The molecule has 0 aliphatic carbocycles. The summed E-state index contributed by atoms with van der Waals surface area (Å²) in [6.45, 7) is 5.91. The molecule has 0 saturated carbocycles. The Kier molecular flexibility index (Phi) is 7.36. The van der Waals surface area contributed by atoms with E-state index in [2.05, 4.69) is 26.6 Å². The first-order chi connectivity index (χ1) is 16.2. The summed E-state index contributed by atoms with van der Waals surface area (Å²) in [4.78, 5) is 42.1. The van der Waals surface area contributed by atoms with Crippen molar-refractivity contribution in [2.24, 2.45) is 11.8 Å². The van der Waals surface area contributed by atoms with E-state index >= 15 is 0 Å². The number of rotatable bonds is 9. The predicted octanol–water partition coefficient (Wildman–Crippen LogP) is 1.39. The topological polar surface area (TPSA) is 108 Å². The molecule has 34 heavy (non-hydrogen) atoms. The number of hydrogen-bond acceptors (Lipinski definition) is 5. The first kappa shape index (κ1) is 25.1. The fraction of sp³-hybridized carbons (Fsp3) is 0.640. The van der Waals surface area contributed by atoms with Crippen molar-refractivity contribution < 1.29 is 24.2 Å². The van der Waals surface area contributed by atoms with Crippen LogP contribution in [0.5, 0.6) is 0 Å². The number of aliphatic hydroxyl groups excluding tert-OH is 1. The van der Waals surface area contributed by atoms with E-state index in [0.717, 1.165) is 12.0 Å². The number of benzene rings is 1. The zero-order valence-corrected chi connectivity index (χ0v) is 21.5. The average Bonchev–Trinajstić information content (AvgIpc) is 3.39. The number of amides is 3. The Morgan fingerprint density at radius 1 is 1.26 bits per heavy atom. The van der Waals surface area contributed by atoms with Gasteiger partial charge in [-0.1, -0.05) is 53.2 Å². The standard InChI is InChI=1S/C25H34BrN3O5/c1-4-10-27-22(31)18-19-24(33)29(16(13-30)11-15-8-6-5-7-9-15)21(23(32)28-14(2)3)25(19)12-17(26)20(18)34-25/h5-9,14,16-21,30H,4,10-13H2,1-3H3,(H,27,31)(H,28,32)/t16-,17?,18+,19+,20+,21?,25?/m1/s1. The lowest BCUT2D eigenvalue weighted by Gasteiger charge is -2.37. The van der Waals surface area contributed by atoms with Gasteiger partial charge in [0.05, 0.1) is 30.6 Å². The monoisotopic (exact) mass is 535 g/mol. The molecule has 3 aliphatic rings. The highest BCUT2D eigenvalue weighted by molar-refractivity contribution is 9.09. The summed E-state index contributed by atoms with van der Waals surface area (Å²) >= 11 is 3.66. The van der Waals surface area contributed by atoms with Gasteiger partial charge < -0.3 is 25.4 Å². The number of ether oxygens (including phenoxy) is 1. The minimum Gasteiger partial charge on any atom is -0.394 e. The number of halogens is 1. The second-order valence-electron chi connectivity index (χ2n) is 9.89. The van der Waals surface area contributed by atoms with Crippen LogP contribution in [0.15, 0.2) is 30.3 Å². The summed E-state index contributed by atoms with van der Waals surface area (Å²) < 4.78 is 6.46. The Morgan fingerprint density at radius 3 is 2.59 bits per heavy atom. The van der Waals surface area contributed by atoms with Crippen LogP contribution in [-0.4, -0.2) is 75.5 Å². The summed E-state index contributed by atoms with van der Waals surface area (Å²) in [5.41, 5.74) is -0.166. The molecule has 9 heteroatoms. The van der Waals surface area contributed by atoms with E-state index in [-0.39, 0.29) is 35.2 Å². The number of carbonyl (C=O) groups excluding carboxylic acids is 3. The second kappa shape index (κ2) is 9.95. The van der Waals surface area contributed by atoms with Crippen molar-refractivity contribution in [2.75, 3.05) is 13.2 Å². The molecule has 1 spiro atoms. The number of carbonyl (C=O) groups is 3. The number of hydrogen-bond donors (Lipinski definition) is 3. The second-order valence-corrected chi connectivity index (χ2v) is 11.1. The Bertz CT molecular complexity index is 928. The third-order valence-electron chi connectivity index (χ3n) is 7.18. The van der Waals surface area contributed by atoms with E-state index in [0.29, 0.717) is 19.4 Å². The van der Waals surface area contributed by atoms with Crippen LogP contribution in [0.2, 0.25) is 0 Å². The highest BCUT2D eigenvalue weighted by atomic mass is 79.9. The van der Waals surface area contributed by atoms with Gasteiger partial charge in [-0.05, 0) is 38.7 Å². The SMILES string of the molecule is CCCNC(=O)[C@H]1[C@H]2C(=O)N([C@@H](CO)Cc3ccccc3)C(C(=O)NC(C)C)C23CC(Br)[C@@H]1O3. The van der Waals surface area contributed by atoms with E-state index in [9.17, 15) is 19.5 Å². The summed E-state index contributed by atoms with van der Waals surface area (Å²) in [6.07, 6.45) is 1.14. The molecule has 3 amide bonds. The molecule has 7 atom stereocenters. The van der Waals surface area contributed by atoms with Crippen molar-refractivity contribution in [2.45, 2.75) is 74.7 Å². The van der Waals surface area contributed by atoms with Gasteiger partial charge in [0, 0.05) is 17.4 Å². The lowest BCUT2D eigenvalue weighted by atomic mass is 9.70. The van der Waals surface area contributed by atoms with E-state index in [1.165, 1.54) is 4.90 Å². The first-order valence-electron chi connectivity index (χ1n) is 12.1. The molecule has 3 heterocycles. The fourth-order valence-corrected chi connectivity index (χ4v) is 6.87. The van der Waals surface area contributed by atoms with Gasteiger partial charge >= 0.3 is 0 Å². The molecule has 0 aromatic heterocycles. The highest BCUT2D eigenvalue weighted by Crippen LogP contribution is 2.60. The van der Waals surface area contributed by atoms with Gasteiger partial charge in [-0.3, -0.25) is 14.4 Å². The molecule has 8 nitrogen and oxygen atoms in total. The Morgan fingerprint density at radius 2 is 1.97 bits per heavy atom. The molecular formula is C25H34BrN3O5. The van der Waals surface area contributed by atoms with Gasteiger partial charge in [-0.15, -0.1) is 0 Å². The molecular weight excluding hydrogens is 502 g/mol. The maximum Gasteiger partial charge on any atom is 0.246 e. The molecule has 3 aliphatic heterocycles. The maximum atomic E-state index is 14.0. The molecule has 0 radical (unpaired) electrons. The molecule has 4 rings (SSSR count). The van der Waals surface area contributed by atoms with Crippen molar-refractivity contribution in [3.8, 4) is 0 Å². The molecule has 186 valence electrons. The van der Waals surface area contributed by atoms with E-state index in [1.807, 2.05) is 51.1 Å². The fourth-order valence-electron chi connectivity index (χ4n) is 5.93. The van der Waals surface area contributed by atoms with Crippen LogP contribution in [0, 0.1) is 11.8 Å². The molecule has 3 unspecified atom stereocenters. The van der Waals surface area contributed by atoms with Gasteiger partial charge in [0.1, 0.15) is 11.6 Å². The quantitative estimate of drug-likeness (QED) is 0.414. The van der Waals surface area contributed by atoms with Crippen LogP contribution in [0.4, 0.5) is 0 Å². The van der Waals surface area contributed by atoms with Crippen LogP contribution < -0.4 is 10.6 Å². The normalized spacial score (nSPS) is 32.7. The predicted molar refractivity (Wildman–Crippen MR) is 130 cm³/mol. The minimum absolute atomic E-state index is 0.136. The van der Waals surface area contributed by atoms with Gasteiger partial charge in [0.25, 0.3) is 0 Å². The Labute approximate surface area is 208 Å². The maximum absolute atomic E-state index is 14.0. The third kappa shape index (κ3) is 4.16. The summed E-state index contributed by atoms with van der Waals surface area (Å²) in [7, 11) is 0. The molecule has 3 saturated heterocycles. The van der Waals surface area contributed by atoms with Gasteiger partial charge in [-0.25, -0.2) is 0 Å². The van der Waals surface area contributed by atoms with Gasteiger partial charge in [0.15, 0.2) is 0 Å². The average molecular weight is 536 g/mol. The first-order valence-corrected chi connectivity index (χ1v) is 13.0. The van der Waals surface area contributed by atoms with Crippen LogP contribution in [0.25, 0.3) is 0 Å². The zero-order valence-electron chi connectivity index (χ0n) is 19.9. The van der Waals surface area contributed by atoms with Crippen molar-refractivity contribution in [1.29, 1.82) is 0 Å². The number of nitrogens with zero attached hydrogens (tertiary/aromatic N) is 1. The van der Waals surface area contributed by atoms with E-state index < -0.39 is 35.6 Å². The zero-order chi connectivity index (χ0) is 24.6. The van der Waals surface area contributed by atoms with E-state index in [1.54, 1.807) is 0 Å². The summed E-state index contributed by atoms with van der Waals surface area (Å²) in [6, 6.07) is 7.90. The number of likely N-dealkylation sites (tertiary alicyclic amines) is 1. The van der Waals surface area contributed by atoms with E-state index in [4.69, 9.17) is 4.74 Å². The Balaban J connectivity index is 1.75. The van der Waals surface area contributed by atoms with Crippen molar-refractivity contribution in [3.05, 3.63) is 35.9 Å². The molecule has 1 aromatic rings.